The minimum Gasteiger partial charge on any atom is -0.497 e. The Morgan fingerprint density at radius 3 is 2.25 bits per heavy atom. The van der Waals surface area contributed by atoms with E-state index in [1.807, 2.05) is 43.3 Å². The zero-order valence-corrected chi connectivity index (χ0v) is 17.9. The fourth-order valence-corrected chi connectivity index (χ4v) is 2.86. The topological polar surface area (TPSA) is 67.9 Å². The molecule has 0 saturated heterocycles. The molecule has 2 aromatic rings. The molecule has 7 heteroatoms. The number of rotatable bonds is 9. The van der Waals surface area contributed by atoms with Crippen LogP contribution in [0.25, 0.3) is 0 Å². The first kappa shape index (κ1) is 21.8. The number of hydrogen-bond acceptors (Lipinski definition) is 4. The summed E-state index contributed by atoms with van der Waals surface area (Å²) >= 11 is 3.36. The van der Waals surface area contributed by atoms with Crippen molar-refractivity contribution in [2.75, 3.05) is 20.3 Å². The van der Waals surface area contributed by atoms with Crippen LogP contribution in [0.4, 0.5) is 0 Å². The maximum absolute atomic E-state index is 12.8. The average molecular weight is 449 g/mol. The Balaban J connectivity index is 2.11. The van der Waals surface area contributed by atoms with E-state index in [-0.39, 0.29) is 18.4 Å². The Morgan fingerprint density at radius 1 is 1.07 bits per heavy atom. The Bertz CT molecular complexity index is 778. The van der Waals surface area contributed by atoms with Crippen LogP contribution in [0.15, 0.2) is 53.0 Å². The average Bonchev–Trinajstić information content (AvgIpc) is 2.71. The summed E-state index contributed by atoms with van der Waals surface area (Å²) in [6.07, 6.45) is 0. The number of methoxy groups -OCH3 is 1. The van der Waals surface area contributed by atoms with Crippen LogP contribution in [-0.4, -0.2) is 43.0 Å². The van der Waals surface area contributed by atoms with Crippen molar-refractivity contribution >= 4 is 27.7 Å². The van der Waals surface area contributed by atoms with Gasteiger partial charge >= 0.3 is 0 Å². The van der Waals surface area contributed by atoms with Crippen molar-refractivity contribution in [3.8, 4) is 11.5 Å². The van der Waals surface area contributed by atoms with Crippen molar-refractivity contribution in [1.82, 2.24) is 10.2 Å². The third kappa shape index (κ3) is 6.27. The molecule has 1 atom stereocenters. The van der Waals surface area contributed by atoms with E-state index >= 15 is 0 Å². The molecule has 0 aliphatic carbocycles. The molecule has 2 aromatic carbocycles. The lowest BCUT2D eigenvalue weighted by atomic mass is 10.1. The lowest BCUT2D eigenvalue weighted by molar-refractivity contribution is -0.142. The maximum atomic E-state index is 12.8. The Labute approximate surface area is 174 Å². The summed E-state index contributed by atoms with van der Waals surface area (Å²) in [5.41, 5.74) is 0.897. The molecule has 2 amide bonds. The first-order valence-electron chi connectivity index (χ1n) is 9.03. The molecular formula is C21H25BrN2O4. The minimum absolute atomic E-state index is 0.151. The second kappa shape index (κ2) is 10.7. The fourth-order valence-electron chi connectivity index (χ4n) is 2.59. The highest BCUT2D eigenvalue weighted by Crippen LogP contribution is 2.18. The zero-order chi connectivity index (χ0) is 20.5. The minimum atomic E-state index is -0.622. The number of carbonyl (C=O) groups excluding carboxylic acids is 2. The summed E-state index contributed by atoms with van der Waals surface area (Å²) in [7, 11) is 1.60. The summed E-state index contributed by atoms with van der Waals surface area (Å²) < 4.78 is 11.7. The molecule has 28 heavy (non-hydrogen) atoms. The molecule has 150 valence electrons. The van der Waals surface area contributed by atoms with E-state index in [1.54, 1.807) is 26.2 Å². The highest BCUT2D eigenvalue weighted by molar-refractivity contribution is 9.10. The number of halogens is 1. The van der Waals surface area contributed by atoms with Gasteiger partial charge in [-0.05, 0) is 55.8 Å². The lowest BCUT2D eigenvalue weighted by Crippen LogP contribution is -2.49. The van der Waals surface area contributed by atoms with Gasteiger partial charge < -0.3 is 19.7 Å². The van der Waals surface area contributed by atoms with E-state index in [0.717, 1.165) is 15.8 Å². The van der Waals surface area contributed by atoms with Gasteiger partial charge in [-0.3, -0.25) is 9.59 Å². The molecule has 0 bridgehead atoms. The van der Waals surface area contributed by atoms with Crippen LogP contribution in [0.2, 0.25) is 0 Å². The van der Waals surface area contributed by atoms with E-state index in [9.17, 15) is 9.59 Å². The van der Waals surface area contributed by atoms with E-state index in [2.05, 4.69) is 21.2 Å². The Hall–Kier alpha value is -2.54. The standard InChI is InChI=1S/C21H25BrN2O4/c1-4-23-21(26)15(2)24(13-16-5-9-18(27-3)10-6-16)20(25)14-28-19-11-7-17(22)8-12-19/h5-12,15H,4,13-14H2,1-3H3,(H,23,26)/t15-/m1/s1. The van der Waals surface area contributed by atoms with E-state index < -0.39 is 6.04 Å². The number of hydrogen-bond donors (Lipinski definition) is 1. The molecule has 0 saturated carbocycles. The number of likely N-dealkylation sites (N-methyl/N-ethyl adjacent to an activating group) is 1. The number of nitrogens with one attached hydrogen (secondary N) is 1. The summed E-state index contributed by atoms with van der Waals surface area (Å²) in [4.78, 5) is 26.7. The lowest BCUT2D eigenvalue weighted by Gasteiger charge is -2.28. The molecule has 0 unspecified atom stereocenters. The molecule has 2 rings (SSSR count). The second-order valence-electron chi connectivity index (χ2n) is 6.18. The predicted octanol–water partition coefficient (Wildman–Crippen LogP) is 3.39. The first-order valence-corrected chi connectivity index (χ1v) is 9.82. The van der Waals surface area contributed by atoms with Gasteiger partial charge in [0.05, 0.1) is 7.11 Å². The summed E-state index contributed by atoms with van der Waals surface area (Å²) in [5.74, 6) is 0.856. The van der Waals surface area contributed by atoms with Crippen molar-refractivity contribution in [2.45, 2.75) is 26.4 Å². The van der Waals surface area contributed by atoms with Gasteiger partial charge in [0.1, 0.15) is 17.5 Å². The Morgan fingerprint density at radius 2 is 1.68 bits per heavy atom. The molecule has 0 radical (unpaired) electrons. The molecule has 6 nitrogen and oxygen atoms in total. The van der Waals surface area contributed by atoms with Crippen molar-refractivity contribution in [1.29, 1.82) is 0 Å². The summed E-state index contributed by atoms with van der Waals surface area (Å²) in [5, 5.41) is 2.77. The van der Waals surface area contributed by atoms with Crippen LogP contribution in [0.5, 0.6) is 11.5 Å². The van der Waals surface area contributed by atoms with Crippen LogP contribution < -0.4 is 14.8 Å². The van der Waals surface area contributed by atoms with Crippen molar-refractivity contribution in [2.24, 2.45) is 0 Å². The number of benzene rings is 2. The number of nitrogens with zero attached hydrogens (tertiary/aromatic N) is 1. The van der Waals surface area contributed by atoms with Gasteiger partial charge in [-0.15, -0.1) is 0 Å². The SMILES string of the molecule is CCNC(=O)[C@@H](C)N(Cc1ccc(OC)cc1)C(=O)COc1ccc(Br)cc1. The fraction of sp³-hybridized carbons (Fsp3) is 0.333. The monoisotopic (exact) mass is 448 g/mol. The molecule has 0 spiro atoms. The third-order valence-corrected chi connectivity index (χ3v) is 4.73. The van der Waals surface area contributed by atoms with Gasteiger partial charge in [0, 0.05) is 17.6 Å². The van der Waals surface area contributed by atoms with E-state index in [0.29, 0.717) is 18.8 Å². The zero-order valence-electron chi connectivity index (χ0n) is 16.3. The third-order valence-electron chi connectivity index (χ3n) is 4.21. The molecular weight excluding hydrogens is 424 g/mol. The first-order chi connectivity index (χ1) is 13.4. The van der Waals surface area contributed by atoms with Crippen molar-refractivity contribution < 1.29 is 19.1 Å². The van der Waals surface area contributed by atoms with Crippen molar-refractivity contribution in [3.63, 3.8) is 0 Å². The van der Waals surface area contributed by atoms with E-state index in [4.69, 9.17) is 9.47 Å². The van der Waals surface area contributed by atoms with Gasteiger partial charge in [0.25, 0.3) is 5.91 Å². The molecule has 0 aromatic heterocycles. The van der Waals surface area contributed by atoms with Crippen LogP contribution in [0.3, 0.4) is 0 Å². The normalized spacial score (nSPS) is 11.4. The van der Waals surface area contributed by atoms with Crippen LogP contribution in [0, 0.1) is 0 Å². The number of carbonyl (C=O) groups is 2. The molecule has 1 N–H and O–H groups in total. The number of amides is 2. The van der Waals surface area contributed by atoms with Crippen LogP contribution >= 0.6 is 15.9 Å². The second-order valence-corrected chi connectivity index (χ2v) is 7.10. The van der Waals surface area contributed by atoms with Gasteiger partial charge in [-0.2, -0.15) is 0 Å². The molecule has 0 heterocycles. The summed E-state index contributed by atoms with van der Waals surface area (Å²) in [6.45, 7) is 4.21. The maximum Gasteiger partial charge on any atom is 0.261 e. The van der Waals surface area contributed by atoms with Gasteiger partial charge in [0.15, 0.2) is 6.61 Å². The van der Waals surface area contributed by atoms with Gasteiger partial charge in [0.2, 0.25) is 5.91 Å². The smallest absolute Gasteiger partial charge is 0.261 e. The Kier molecular flexibility index (Phi) is 8.32. The highest BCUT2D eigenvalue weighted by atomic mass is 79.9. The summed E-state index contributed by atoms with van der Waals surface area (Å²) in [6, 6.07) is 14.0. The molecule has 0 fully saturated rings. The quantitative estimate of drug-likeness (QED) is 0.638. The number of ether oxygens (including phenoxy) is 2. The predicted molar refractivity (Wildman–Crippen MR) is 111 cm³/mol. The van der Waals surface area contributed by atoms with E-state index in [1.165, 1.54) is 4.90 Å². The molecule has 0 aliphatic rings. The van der Waals surface area contributed by atoms with Crippen molar-refractivity contribution in [3.05, 3.63) is 58.6 Å². The highest BCUT2D eigenvalue weighted by Gasteiger charge is 2.26. The van der Waals surface area contributed by atoms with Crippen LogP contribution in [0.1, 0.15) is 19.4 Å². The molecule has 0 aliphatic heterocycles. The van der Waals surface area contributed by atoms with Gasteiger partial charge in [-0.1, -0.05) is 28.1 Å². The van der Waals surface area contributed by atoms with Crippen LogP contribution in [-0.2, 0) is 16.1 Å². The largest absolute Gasteiger partial charge is 0.497 e. The van der Waals surface area contributed by atoms with Gasteiger partial charge in [-0.25, -0.2) is 0 Å².